The van der Waals surface area contributed by atoms with Gasteiger partial charge in [0.15, 0.2) is 0 Å². The molecule has 0 N–H and O–H groups in total. The van der Waals surface area contributed by atoms with Gasteiger partial charge in [-0.2, -0.15) is 0 Å². The van der Waals surface area contributed by atoms with E-state index in [2.05, 4.69) is 4.74 Å². The van der Waals surface area contributed by atoms with Crippen molar-refractivity contribution in [2.45, 2.75) is 33.1 Å². The molecule has 0 aromatic rings. The van der Waals surface area contributed by atoms with E-state index < -0.39 is 11.9 Å². The molecule has 70 valence electrons. The Bertz CT molecular complexity index is 163. The van der Waals surface area contributed by atoms with Gasteiger partial charge in [-0.05, 0) is 12.8 Å². The maximum absolute atomic E-state index is 11.3. The molecule has 0 fully saturated rings. The minimum Gasteiger partial charge on any atom is -0.468 e. The molecule has 0 radical (unpaired) electrons. The van der Waals surface area contributed by atoms with Crippen molar-refractivity contribution in [1.82, 2.24) is 0 Å². The zero-order chi connectivity index (χ0) is 9.56. The van der Waals surface area contributed by atoms with Gasteiger partial charge in [0.25, 0.3) is 0 Å². The van der Waals surface area contributed by atoms with Crippen LogP contribution in [0.25, 0.3) is 0 Å². The van der Waals surface area contributed by atoms with Crippen molar-refractivity contribution in [1.29, 1.82) is 0 Å². The molecule has 0 spiro atoms. The number of esters is 1. The van der Waals surface area contributed by atoms with Crippen molar-refractivity contribution >= 4 is 11.8 Å². The average Bonchev–Trinajstić information content (AvgIpc) is 2.06. The van der Waals surface area contributed by atoms with Crippen LogP contribution in [0.2, 0.25) is 0 Å². The van der Waals surface area contributed by atoms with E-state index in [-0.39, 0.29) is 5.78 Å². The first-order chi connectivity index (χ1) is 5.67. The van der Waals surface area contributed by atoms with Gasteiger partial charge in [-0.1, -0.05) is 13.8 Å². The average molecular weight is 172 g/mol. The third-order valence-corrected chi connectivity index (χ3v) is 1.78. The smallest absolute Gasteiger partial charge is 0.316 e. The Kier molecular flexibility index (Phi) is 5.34. The van der Waals surface area contributed by atoms with Crippen LogP contribution < -0.4 is 0 Å². The Labute approximate surface area is 73.1 Å². The first kappa shape index (κ1) is 11.1. The predicted molar refractivity (Wildman–Crippen MR) is 45.7 cm³/mol. The Balaban J connectivity index is 4.14. The van der Waals surface area contributed by atoms with Crippen molar-refractivity contribution in [2.24, 2.45) is 5.92 Å². The molecule has 0 aliphatic carbocycles. The molecule has 3 nitrogen and oxygen atoms in total. The van der Waals surface area contributed by atoms with E-state index in [1.165, 1.54) is 7.11 Å². The highest BCUT2D eigenvalue weighted by Gasteiger charge is 2.23. The van der Waals surface area contributed by atoms with E-state index in [9.17, 15) is 9.59 Å². The van der Waals surface area contributed by atoms with E-state index in [1.54, 1.807) is 0 Å². The molecule has 0 heterocycles. The zero-order valence-corrected chi connectivity index (χ0v) is 7.92. The van der Waals surface area contributed by atoms with Gasteiger partial charge in [0.2, 0.25) is 0 Å². The first-order valence-corrected chi connectivity index (χ1v) is 4.27. The molecule has 1 atom stereocenters. The number of carbonyl (C=O) groups excluding carboxylic acids is 2. The summed E-state index contributed by atoms with van der Waals surface area (Å²) in [5.74, 6) is -0.960. The lowest BCUT2D eigenvalue weighted by molar-refractivity contribution is -0.149. The third kappa shape index (κ3) is 3.03. The molecule has 0 aromatic heterocycles. The van der Waals surface area contributed by atoms with Crippen LogP contribution in [-0.2, 0) is 14.3 Å². The number of rotatable bonds is 5. The topological polar surface area (TPSA) is 43.4 Å². The monoisotopic (exact) mass is 172 g/mol. The number of Topliss-reactive ketones (excluding diaryl/α,β-unsaturated/α-hetero) is 1. The van der Waals surface area contributed by atoms with Gasteiger partial charge in [0.1, 0.15) is 11.7 Å². The molecule has 0 rings (SSSR count). The first-order valence-electron chi connectivity index (χ1n) is 4.27. The highest BCUT2D eigenvalue weighted by molar-refractivity contribution is 5.98. The summed E-state index contributed by atoms with van der Waals surface area (Å²) in [6, 6.07) is 0. The number of hydrogen-bond acceptors (Lipinski definition) is 3. The summed E-state index contributed by atoms with van der Waals surface area (Å²) in [6.07, 6.45) is 1.78. The zero-order valence-electron chi connectivity index (χ0n) is 7.92. The van der Waals surface area contributed by atoms with E-state index in [0.717, 1.165) is 6.42 Å². The Morgan fingerprint density at radius 1 is 1.33 bits per heavy atom. The summed E-state index contributed by atoms with van der Waals surface area (Å²) in [6.45, 7) is 3.73. The SMILES string of the molecule is CCCC(=O)[C@@H](CC)C(=O)OC. The summed E-state index contributed by atoms with van der Waals surface area (Å²) < 4.78 is 4.51. The van der Waals surface area contributed by atoms with Crippen LogP contribution in [0.15, 0.2) is 0 Å². The van der Waals surface area contributed by atoms with Crippen molar-refractivity contribution in [3.8, 4) is 0 Å². The predicted octanol–water partition coefficient (Wildman–Crippen LogP) is 1.55. The summed E-state index contributed by atoms with van der Waals surface area (Å²) in [4.78, 5) is 22.3. The van der Waals surface area contributed by atoms with Gasteiger partial charge >= 0.3 is 5.97 Å². The quantitative estimate of drug-likeness (QED) is 0.467. The lowest BCUT2D eigenvalue weighted by Crippen LogP contribution is -2.24. The molecule has 0 aromatic carbocycles. The molecule has 0 saturated carbocycles. The molecule has 12 heavy (non-hydrogen) atoms. The van der Waals surface area contributed by atoms with Crippen molar-refractivity contribution < 1.29 is 14.3 Å². The van der Waals surface area contributed by atoms with Crippen LogP contribution in [0.5, 0.6) is 0 Å². The normalized spacial score (nSPS) is 12.2. The van der Waals surface area contributed by atoms with Crippen molar-refractivity contribution in [3.63, 3.8) is 0 Å². The second-order valence-electron chi connectivity index (χ2n) is 2.70. The lowest BCUT2D eigenvalue weighted by Gasteiger charge is -2.09. The van der Waals surface area contributed by atoms with Crippen LogP contribution in [-0.4, -0.2) is 18.9 Å². The Morgan fingerprint density at radius 2 is 1.92 bits per heavy atom. The highest BCUT2D eigenvalue weighted by Crippen LogP contribution is 2.09. The van der Waals surface area contributed by atoms with Crippen LogP contribution in [0.1, 0.15) is 33.1 Å². The Hall–Kier alpha value is -0.860. The highest BCUT2D eigenvalue weighted by atomic mass is 16.5. The van der Waals surface area contributed by atoms with Gasteiger partial charge in [0.05, 0.1) is 7.11 Å². The summed E-state index contributed by atoms with van der Waals surface area (Å²) in [5.41, 5.74) is 0. The number of ether oxygens (including phenoxy) is 1. The number of hydrogen-bond donors (Lipinski definition) is 0. The van der Waals surface area contributed by atoms with E-state index >= 15 is 0 Å². The molecular formula is C9H16O3. The maximum atomic E-state index is 11.3. The van der Waals surface area contributed by atoms with Crippen LogP contribution in [0.3, 0.4) is 0 Å². The largest absolute Gasteiger partial charge is 0.468 e. The second kappa shape index (κ2) is 5.75. The van der Waals surface area contributed by atoms with E-state index in [0.29, 0.717) is 12.8 Å². The van der Waals surface area contributed by atoms with Gasteiger partial charge in [0, 0.05) is 6.42 Å². The van der Waals surface area contributed by atoms with Gasteiger partial charge < -0.3 is 4.74 Å². The Morgan fingerprint density at radius 3 is 2.25 bits per heavy atom. The van der Waals surface area contributed by atoms with Gasteiger partial charge in [-0.25, -0.2) is 0 Å². The summed E-state index contributed by atoms with van der Waals surface area (Å²) in [7, 11) is 1.31. The molecular weight excluding hydrogens is 156 g/mol. The fourth-order valence-electron chi connectivity index (χ4n) is 1.09. The second-order valence-corrected chi connectivity index (χ2v) is 2.70. The fraction of sp³-hybridized carbons (Fsp3) is 0.778. The van der Waals surface area contributed by atoms with E-state index in [1.807, 2.05) is 13.8 Å². The van der Waals surface area contributed by atoms with Gasteiger partial charge in [-0.3, -0.25) is 9.59 Å². The van der Waals surface area contributed by atoms with Crippen molar-refractivity contribution in [2.75, 3.05) is 7.11 Å². The molecule has 0 unspecified atom stereocenters. The minimum atomic E-state index is -0.546. The number of ketones is 1. The van der Waals surface area contributed by atoms with Gasteiger partial charge in [-0.15, -0.1) is 0 Å². The maximum Gasteiger partial charge on any atom is 0.316 e. The molecule has 0 saturated heterocycles. The van der Waals surface area contributed by atoms with E-state index in [4.69, 9.17) is 0 Å². The van der Waals surface area contributed by atoms with Crippen LogP contribution >= 0.6 is 0 Å². The lowest BCUT2D eigenvalue weighted by atomic mass is 9.98. The van der Waals surface area contributed by atoms with Crippen LogP contribution in [0.4, 0.5) is 0 Å². The number of carbonyl (C=O) groups is 2. The molecule has 0 amide bonds. The van der Waals surface area contributed by atoms with Crippen molar-refractivity contribution in [3.05, 3.63) is 0 Å². The standard InChI is InChI=1S/C9H16O3/c1-4-6-8(10)7(5-2)9(11)12-3/h7H,4-6H2,1-3H3/t7-/m1/s1. The van der Waals surface area contributed by atoms with Crippen LogP contribution in [0, 0.1) is 5.92 Å². The molecule has 3 heteroatoms. The third-order valence-electron chi connectivity index (χ3n) is 1.78. The molecule has 0 bridgehead atoms. The molecule has 0 aliphatic heterocycles. The molecule has 0 aliphatic rings. The fourth-order valence-corrected chi connectivity index (χ4v) is 1.09. The number of methoxy groups -OCH3 is 1. The minimum absolute atomic E-state index is 0.00755. The summed E-state index contributed by atoms with van der Waals surface area (Å²) >= 11 is 0. The summed E-state index contributed by atoms with van der Waals surface area (Å²) in [5, 5.41) is 0.